The van der Waals surface area contributed by atoms with Crippen LogP contribution in [0.4, 0.5) is 4.39 Å². The highest BCUT2D eigenvalue weighted by Gasteiger charge is 2.22. The number of nitrogens with one attached hydrogen (secondary N) is 1. The van der Waals surface area contributed by atoms with Gasteiger partial charge in [-0.25, -0.2) is 19.2 Å². The lowest BCUT2D eigenvalue weighted by atomic mass is 10.1. The third-order valence-corrected chi connectivity index (χ3v) is 7.24. The number of pyridine rings is 1. The highest BCUT2D eigenvalue weighted by atomic mass is 19.1. The maximum absolute atomic E-state index is 14.3. The Kier molecular flexibility index (Phi) is 9.46. The smallest absolute Gasteiger partial charge is 0.335 e. The van der Waals surface area contributed by atoms with Gasteiger partial charge in [0.25, 0.3) is 5.91 Å². The Morgan fingerprint density at radius 3 is 2.56 bits per heavy atom. The van der Waals surface area contributed by atoms with Gasteiger partial charge < -0.3 is 24.5 Å². The number of hydrogen-bond acceptors (Lipinski definition) is 7. The van der Waals surface area contributed by atoms with E-state index in [0.29, 0.717) is 47.0 Å². The Hall–Kier alpha value is -5.60. The largest absolute Gasteiger partial charge is 0.478 e. The van der Waals surface area contributed by atoms with Gasteiger partial charge in [-0.1, -0.05) is 36.4 Å². The molecule has 11 heteroatoms. The summed E-state index contributed by atoms with van der Waals surface area (Å²) >= 11 is 0. The Morgan fingerprint density at radius 1 is 1.07 bits per heavy atom. The van der Waals surface area contributed by atoms with E-state index in [1.165, 1.54) is 31.4 Å². The van der Waals surface area contributed by atoms with Crippen molar-refractivity contribution in [1.29, 1.82) is 5.26 Å². The highest BCUT2D eigenvalue weighted by Crippen LogP contribution is 2.25. The predicted molar refractivity (Wildman–Crippen MR) is 164 cm³/mol. The first-order valence-electron chi connectivity index (χ1n) is 14.2. The second-order valence-electron chi connectivity index (χ2n) is 10.2. The molecular formula is C34H30FN5O5. The van der Waals surface area contributed by atoms with Crippen LogP contribution in [0.2, 0.25) is 0 Å². The molecule has 0 aliphatic carbocycles. The number of carboxylic acid groups (broad SMARTS) is 1. The van der Waals surface area contributed by atoms with Crippen molar-refractivity contribution in [2.45, 2.75) is 32.6 Å². The number of aromatic carboxylic acids is 1. The van der Waals surface area contributed by atoms with Gasteiger partial charge in [0.15, 0.2) is 6.10 Å². The summed E-state index contributed by atoms with van der Waals surface area (Å²) in [4.78, 5) is 33.6. The lowest BCUT2D eigenvalue weighted by molar-refractivity contribution is -0.131. The molecule has 2 heterocycles. The monoisotopic (exact) mass is 607 g/mol. The Morgan fingerprint density at radius 2 is 1.87 bits per heavy atom. The van der Waals surface area contributed by atoms with E-state index < -0.39 is 17.9 Å². The average Bonchev–Trinajstić information content (AvgIpc) is 3.39. The van der Waals surface area contributed by atoms with E-state index >= 15 is 0 Å². The molecule has 5 aromatic rings. The number of ether oxygens (including phenoxy) is 2. The maximum atomic E-state index is 14.3. The van der Waals surface area contributed by atoms with Crippen LogP contribution in [0.3, 0.4) is 0 Å². The van der Waals surface area contributed by atoms with Crippen molar-refractivity contribution in [3.05, 3.63) is 113 Å². The summed E-state index contributed by atoms with van der Waals surface area (Å²) in [5.41, 5.74) is 4.31. The second kappa shape index (κ2) is 13.8. The quantitative estimate of drug-likeness (QED) is 0.199. The first-order valence-corrected chi connectivity index (χ1v) is 14.2. The van der Waals surface area contributed by atoms with Crippen molar-refractivity contribution >= 4 is 22.9 Å². The fraction of sp³-hybridized carbons (Fsp3) is 0.206. The third kappa shape index (κ3) is 7.14. The molecule has 0 radical (unpaired) electrons. The zero-order valence-electron chi connectivity index (χ0n) is 24.7. The van der Waals surface area contributed by atoms with E-state index in [2.05, 4.69) is 10.3 Å². The first-order chi connectivity index (χ1) is 21.8. The van der Waals surface area contributed by atoms with Gasteiger partial charge in [0.2, 0.25) is 5.88 Å². The van der Waals surface area contributed by atoms with E-state index in [4.69, 9.17) is 19.7 Å². The van der Waals surface area contributed by atoms with Crippen LogP contribution in [0.25, 0.3) is 22.3 Å². The second-order valence-corrected chi connectivity index (χ2v) is 10.2. The maximum Gasteiger partial charge on any atom is 0.335 e. The van der Waals surface area contributed by atoms with Crippen LogP contribution >= 0.6 is 0 Å². The molecule has 0 saturated heterocycles. The van der Waals surface area contributed by atoms with Crippen molar-refractivity contribution in [1.82, 2.24) is 19.9 Å². The van der Waals surface area contributed by atoms with E-state index in [1.807, 2.05) is 47.9 Å². The number of carboxylic acids is 1. The van der Waals surface area contributed by atoms with Crippen molar-refractivity contribution in [3.8, 4) is 23.2 Å². The average molecular weight is 608 g/mol. The summed E-state index contributed by atoms with van der Waals surface area (Å²) in [7, 11) is 1.46. The number of amides is 1. The molecular weight excluding hydrogens is 577 g/mol. The topological polar surface area (TPSA) is 139 Å². The molecule has 45 heavy (non-hydrogen) atoms. The summed E-state index contributed by atoms with van der Waals surface area (Å²) in [5, 5.41) is 21.3. The van der Waals surface area contributed by atoms with Crippen molar-refractivity contribution in [2.75, 3.05) is 13.7 Å². The van der Waals surface area contributed by atoms with Gasteiger partial charge in [-0.3, -0.25) is 4.79 Å². The summed E-state index contributed by atoms with van der Waals surface area (Å²) < 4.78 is 27.3. The molecule has 0 bridgehead atoms. The number of nitriles is 1. The number of aromatic nitrogens is 3. The van der Waals surface area contributed by atoms with E-state index in [1.54, 1.807) is 24.3 Å². The summed E-state index contributed by atoms with van der Waals surface area (Å²) in [6.45, 7) is 2.39. The number of imidazole rings is 1. The molecule has 0 saturated carbocycles. The van der Waals surface area contributed by atoms with Crippen LogP contribution < -0.4 is 10.1 Å². The fourth-order valence-electron chi connectivity index (χ4n) is 4.88. The number of fused-ring (bicyclic) bond motifs is 1. The summed E-state index contributed by atoms with van der Waals surface area (Å²) in [6, 6.07) is 23.9. The van der Waals surface area contributed by atoms with Crippen LogP contribution in [0.5, 0.6) is 5.88 Å². The molecule has 5 rings (SSSR count). The van der Waals surface area contributed by atoms with Crippen LogP contribution in [0, 0.1) is 17.1 Å². The van der Waals surface area contributed by atoms with Crippen LogP contribution in [-0.4, -0.2) is 51.3 Å². The van der Waals surface area contributed by atoms with Gasteiger partial charge >= 0.3 is 5.97 Å². The SMILES string of the molecule is CCNC(=O)[C@H](Cn1c(Cc2ccc(-c3cccc(OCc4ccc(C#N)cc4F)n3)cc2)nc2ccc(C(=O)O)cc21)OC. The van der Waals surface area contributed by atoms with Crippen LogP contribution in [-0.2, 0) is 29.1 Å². The highest BCUT2D eigenvalue weighted by molar-refractivity contribution is 5.92. The van der Waals surface area contributed by atoms with Crippen molar-refractivity contribution in [3.63, 3.8) is 0 Å². The van der Waals surface area contributed by atoms with Gasteiger partial charge in [-0.05, 0) is 48.9 Å². The lowest BCUT2D eigenvalue weighted by Crippen LogP contribution is -2.38. The number of benzene rings is 3. The van der Waals surface area contributed by atoms with E-state index in [9.17, 15) is 19.1 Å². The molecule has 0 spiro atoms. The molecule has 2 aromatic heterocycles. The number of methoxy groups -OCH3 is 1. The molecule has 3 aromatic carbocycles. The van der Waals surface area contributed by atoms with Gasteiger partial charge in [0.05, 0.1) is 40.5 Å². The standard InChI is InChI=1S/C34H30FN5O5/c1-3-37-33(41)30(44-2)19-40-29-17-24(34(42)43)13-14-28(29)38-31(40)16-21-7-10-23(11-8-21)27-5-4-6-32(39-27)45-20-25-12-9-22(18-36)15-26(25)35/h4-15,17,30H,3,16,19-20H2,1-2H3,(H,37,41)(H,42,43)/t30-/m0/s1. The number of carbonyl (C=O) groups excluding carboxylic acids is 1. The minimum atomic E-state index is -1.06. The lowest BCUT2D eigenvalue weighted by Gasteiger charge is -2.18. The van der Waals surface area contributed by atoms with E-state index in [0.717, 1.165) is 11.1 Å². The molecule has 10 nitrogen and oxygen atoms in total. The van der Waals surface area contributed by atoms with Crippen molar-refractivity contribution < 1.29 is 28.6 Å². The summed E-state index contributed by atoms with van der Waals surface area (Å²) in [6.07, 6.45) is -0.387. The summed E-state index contributed by atoms with van der Waals surface area (Å²) in [5.74, 6) is -0.867. The van der Waals surface area contributed by atoms with Crippen LogP contribution in [0.1, 0.15) is 39.8 Å². The molecule has 0 aliphatic rings. The first kappa shape index (κ1) is 30.8. The Balaban J connectivity index is 1.36. The fourth-order valence-corrected chi connectivity index (χ4v) is 4.88. The Bertz CT molecular complexity index is 1900. The predicted octanol–water partition coefficient (Wildman–Crippen LogP) is 5.13. The molecule has 0 unspecified atom stereocenters. The Labute approximate surface area is 258 Å². The number of likely N-dealkylation sites (N-methyl/N-ethyl adjacent to an activating group) is 1. The van der Waals surface area contributed by atoms with Crippen LogP contribution in [0.15, 0.2) is 78.9 Å². The van der Waals surface area contributed by atoms with Gasteiger partial charge in [-0.2, -0.15) is 5.26 Å². The molecule has 0 aliphatic heterocycles. The third-order valence-electron chi connectivity index (χ3n) is 7.24. The molecule has 0 fully saturated rings. The number of halogens is 1. The van der Waals surface area contributed by atoms with E-state index in [-0.39, 0.29) is 30.2 Å². The number of rotatable bonds is 12. The minimum absolute atomic E-state index is 0.0358. The normalized spacial score (nSPS) is 11.6. The molecule has 1 amide bonds. The number of nitrogens with zero attached hydrogens (tertiary/aromatic N) is 4. The zero-order valence-corrected chi connectivity index (χ0v) is 24.7. The molecule has 1 atom stereocenters. The molecule has 228 valence electrons. The number of carbonyl (C=O) groups is 2. The van der Waals surface area contributed by atoms with Crippen molar-refractivity contribution in [2.24, 2.45) is 0 Å². The zero-order chi connectivity index (χ0) is 31.9. The number of hydrogen-bond donors (Lipinski definition) is 2. The minimum Gasteiger partial charge on any atom is -0.478 e. The van der Waals surface area contributed by atoms with Gasteiger partial charge in [0, 0.05) is 37.3 Å². The molecule has 2 N–H and O–H groups in total. The van der Waals surface area contributed by atoms with Gasteiger partial charge in [-0.15, -0.1) is 0 Å². The van der Waals surface area contributed by atoms with Gasteiger partial charge in [0.1, 0.15) is 18.2 Å².